The molecule has 0 radical (unpaired) electrons. The van der Waals surface area contributed by atoms with Gasteiger partial charge in [-0.1, -0.05) is 12.1 Å². The molecule has 0 atom stereocenters. The van der Waals surface area contributed by atoms with Crippen molar-refractivity contribution in [2.75, 3.05) is 6.54 Å². The van der Waals surface area contributed by atoms with Gasteiger partial charge in [-0.25, -0.2) is 4.98 Å². The highest BCUT2D eigenvalue weighted by Crippen LogP contribution is 2.14. The number of nitrogens with one attached hydrogen (secondary N) is 1. The Labute approximate surface area is 133 Å². The van der Waals surface area contributed by atoms with Crippen molar-refractivity contribution >= 4 is 16.9 Å². The fourth-order valence-corrected chi connectivity index (χ4v) is 2.42. The monoisotopic (exact) mass is 313 g/mol. The molecule has 1 amide bonds. The fourth-order valence-electron chi connectivity index (χ4n) is 2.42. The van der Waals surface area contributed by atoms with Gasteiger partial charge in [0, 0.05) is 18.5 Å². The molecule has 0 fully saturated rings. The zero-order chi connectivity index (χ0) is 16.2. The summed E-state index contributed by atoms with van der Waals surface area (Å²) in [6.07, 6.45) is 3.32. The molecule has 2 aromatic heterocycles. The van der Waals surface area contributed by atoms with Crippen molar-refractivity contribution in [3.8, 4) is 0 Å². The van der Waals surface area contributed by atoms with Gasteiger partial charge in [0.05, 0.1) is 23.9 Å². The molecule has 3 aromatic rings. The number of aryl methyl sites for hydroxylation is 1. The van der Waals surface area contributed by atoms with Gasteiger partial charge in [0.1, 0.15) is 0 Å². The standard InChI is InChI=1S/C16H19N5O2/c1-3-5-15-19-14(20-23-15)9-21(4-2)16(22)11-6-7-12-13(8-11)18-10-17-12/h6-8,10H,3-5,9H2,1-2H3,(H,17,18). The van der Waals surface area contributed by atoms with Crippen molar-refractivity contribution < 1.29 is 9.32 Å². The van der Waals surface area contributed by atoms with Gasteiger partial charge in [-0.3, -0.25) is 4.79 Å². The first-order valence-electron chi connectivity index (χ1n) is 7.75. The number of aromatic nitrogens is 4. The lowest BCUT2D eigenvalue weighted by Gasteiger charge is -2.19. The first-order valence-corrected chi connectivity index (χ1v) is 7.75. The van der Waals surface area contributed by atoms with E-state index in [1.54, 1.807) is 17.3 Å². The molecule has 7 heteroatoms. The molecule has 1 N–H and O–H groups in total. The molecule has 23 heavy (non-hydrogen) atoms. The number of carbonyl (C=O) groups excluding carboxylic acids is 1. The van der Waals surface area contributed by atoms with Gasteiger partial charge in [-0.05, 0) is 31.5 Å². The van der Waals surface area contributed by atoms with Gasteiger partial charge in [0.25, 0.3) is 5.91 Å². The van der Waals surface area contributed by atoms with Crippen molar-refractivity contribution in [1.82, 2.24) is 25.0 Å². The Morgan fingerprint density at radius 3 is 3.00 bits per heavy atom. The van der Waals surface area contributed by atoms with Crippen LogP contribution in [-0.4, -0.2) is 37.5 Å². The van der Waals surface area contributed by atoms with Crippen LogP contribution in [0.2, 0.25) is 0 Å². The fraction of sp³-hybridized carbons (Fsp3) is 0.375. The van der Waals surface area contributed by atoms with E-state index in [1.165, 1.54) is 0 Å². The summed E-state index contributed by atoms with van der Waals surface area (Å²) in [7, 11) is 0. The van der Waals surface area contributed by atoms with E-state index < -0.39 is 0 Å². The highest BCUT2D eigenvalue weighted by Gasteiger charge is 2.18. The lowest BCUT2D eigenvalue weighted by molar-refractivity contribution is 0.0747. The molecule has 1 aromatic carbocycles. The second-order valence-corrected chi connectivity index (χ2v) is 5.31. The Balaban J connectivity index is 1.77. The third-order valence-electron chi connectivity index (χ3n) is 3.64. The van der Waals surface area contributed by atoms with Gasteiger partial charge in [0.2, 0.25) is 5.89 Å². The summed E-state index contributed by atoms with van der Waals surface area (Å²) in [5.74, 6) is 1.09. The molecule has 0 aliphatic heterocycles. The van der Waals surface area contributed by atoms with Crippen LogP contribution in [0, 0.1) is 0 Å². The van der Waals surface area contributed by atoms with E-state index in [1.807, 2.05) is 19.1 Å². The zero-order valence-corrected chi connectivity index (χ0v) is 13.2. The molecule has 3 rings (SSSR count). The summed E-state index contributed by atoms with van der Waals surface area (Å²) in [6.45, 7) is 4.89. The topological polar surface area (TPSA) is 87.9 Å². The van der Waals surface area contributed by atoms with E-state index in [2.05, 4.69) is 27.0 Å². The summed E-state index contributed by atoms with van der Waals surface area (Å²) in [4.78, 5) is 25.9. The van der Waals surface area contributed by atoms with Crippen molar-refractivity contribution in [1.29, 1.82) is 0 Å². The number of carbonyl (C=O) groups is 1. The second-order valence-electron chi connectivity index (χ2n) is 5.31. The minimum atomic E-state index is -0.0640. The zero-order valence-electron chi connectivity index (χ0n) is 13.2. The largest absolute Gasteiger partial charge is 0.345 e. The Bertz CT molecular complexity index is 808. The smallest absolute Gasteiger partial charge is 0.254 e. The third-order valence-corrected chi connectivity index (χ3v) is 3.64. The van der Waals surface area contributed by atoms with E-state index >= 15 is 0 Å². The Hall–Kier alpha value is -2.70. The van der Waals surface area contributed by atoms with Crippen molar-refractivity contribution in [3.05, 3.63) is 41.8 Å². The van der Waals surface area contributed by atoms with Gasteiger partial charge >= 0.3 is 0 Å². The predicted molar refractivity (Wildman–Crippen MR) is 84.8 cm³/mol. The molecule has 0 bridgehead atoms. The molecule has 0 unspecified atom stereocenters. The van der Waals surface area contributed by atoms with E-state index in [-0.39, 0.29) is 5.91 Å². The maximum Gasteiger partial charge on any atom is 0.254 e. The number of aromatic amines is 1. The van der Waals surface area contributed by atoms with Crippen LogP contribution < -0.4 is 0 Å². The molecular formula is C16H19N5O2. The van der Waals surface area contributed by atoms with Crippen molar-refractivity contribution in [2.45, 2.75) is 33.2 Å². The SMILES string of the molecule is CCCc1nc(CN(CC)C(=O)c2ccc3nc[nH]c3c2)no1. The first-order chi connectivity index (χ1) is 11.2. The number of hydrogen-bond acceptors (Lipinski definition) is 5. The number of benzene rings is 1. The van der Waals surface area contributed by atoms with E-state index in [9.17, 15) is 4.79 Å². The Kier molecular flexibility index (Phi) is 4.36. The lowest BCUT2D eigenvalue weighted by atomic mass is 10.1. The first kappa shape index (κ1) is 15.2. The number of fused-ring (bicyclic) bond motifs is 1. The number of hydrogen-bond donors (Lipinski definition) is 1. The minimum absolute atomic E-state index is 0.0640. The Morgan fingerprint density at radius 1 is 1.35 bits per heavy atom. The van der Waals surface area contributed by atoms with Gasteiger partial charge in [0.15, 0.2) is 5.82 Å². The van der Waals surface area contributed by atoms with Gasteiger partial charge in [-0.2, -0.15) is 4.98 Å². The summed E-state index contributed by atoms with van der Waals surface area (Å²) in [5, 5.41) is 3.94. The van der Waals surface area contributed by atoms with Crippen molar-refractivity contribution in [2.24, 2.45) is 0 Å². The molecular weight excluding hydrogens is 294 g/mol. The molecule has 0 saturated carbocycles. The van der Waals surface area contributed by atoms with E-state index in [0.717, 1.165) is 23.9 Å². The molecule has 0 spiro atoms. The predicted octanol–water partition coefficient (Wildman–Crippen LogP) is 2.56. The Morgan fingerprint density at radius 2 is 2.22 bits per heavy atom. The van der Waals surface area contributed by atoms with Crippen LogP contribution in [0.4, 0.5) is 0 Å². The molecule has 2 heterocycles. The van der Waals surface area contributed by atoms with Gasteiger partial charge in [-0.15, -0.1) is 0 Å². The van der Waals surface area contributed by atoms with Crippen LogP contribution in [0.15, 0.2) is 29.0 Å². The number of H-pyrrole nitrogens is 1. The van der Waals surface area contributed by atoms with Crippen LogP contribution >= 0.6 is 0 Å². The lowest BCUT2D eigenvalue weighted by Crippen LogP contribution is -2.30. The molecule has 7 nitrogen and oxygen atoms in total. The molecule has 120 valence electrons. The molecule has 0 aliphatic rings. The van der Waals surface area contributed by atoms with Crippen molar-refractivity contribution in [3.63, 3.8) is 0 Å². The van der Waals surface area contributed by atoms with Gasteiger partial charge < -0.3 is 14.4 Å². The number of imidazole rings is 1. The van der Waals surface area contributed by atoms with Crippen LogP contribution in [-0.2, 0) is 13.0 Å². The quantitative estimate of drug-likeness (QED) is 0.755. The summed E-state index contributed by atoms with van der Waals surface area (Å²) in [6, 6.07) is 5.43. The van der Waals surface area contributed by atoms with Crippen LogP contribution in [0.5, 0.6) is 0 Å². The third kappa shape index (κ3) is 3.23. The summed E-state index contributed by atoms with van der Waals surface area (Å²) < 4.78 is 5.17. The average Bonchev–Trinajstić information content (AvgIpc) is 3.20. The van der Waals surface area contributed by atoms with E-state index in [4.69, 9.17) is 4.52 Å². The maximum atomic E-state index is 12.7. The second kappa shape index (κ2) is 6.60. The van der Waals surface area contributed by atoms with E-state index in [0.29, 0.717) is 30.4 Å². The van der Waals surface area contributed by atoms with Crippen LogP contribution in [0.3, 0.4) is 0 Å². The molecule has 0 saturated heterocycles. The highest BCUT2D eigenvalue weighted by atomic mass is 16.5. The van der Waals surface area contributed by atoms with Crippen LogP contribution in [0.25, 0.3) is 11.0 Å². The average molecular weight is 313 g/mol. The molecule has 0 aliphatic carbocycles. The summed E-state index contributed by atoms with van der Waals surface area (Å²) >= 11 is 0. The number of rotatable bonds is 6. The highest BCUT2D eigenvalue weighted by molar-refractivity contribution is 5.97. The number of nitrogens with zero attached hydrogens (tertiary/aromatic N) is 4. The minimum Gasteiger partial charge on any atom is -0.345 e. The number of amides is 1. The summed E-state index contributed by atoms with van der Waals surface area (Å²) in [5.41, 5.74) is 2.30. The van der Waals surface area contributed by atoms with Crippen LogP contribution in [0.1, 0.15) is 42.3 Å². The normalized spacial score (nSPS) is 11.0. The maximum absolute atomic E-state index is 12.7.